The summed E-state index contributed by atoms with van der Waals surface area (Å²) in [7, 11) is 1.87. The number of amides is 1. The van der Waals surface area contributed by atoms with E-state index in [1.165, 1.54) is 0 Å². The van der Waals surface area contributed by atoms with Crippen molar-refractivity contribution in [2.75, 3.05) is 25.5 Å². The molecule has 0 bridgehead atoms. The molecule has 1 aromatic carbocycles. The van der Waals surface area contributed by atoms with Gasteiger partial charge in [-0.1, -0.05) is 18.5 Å². The highest BCUT2D eigenvalue weighted by atomic mass is 35.5. The van der Waals surface area contributed by atoms with Crippen molar-refractivity contribution in [3.8, 4) is 5.75 Å². The normalized spacial score (nSPS) is 9.75. The minimum Gasteiger partial charge on any atom is -0.492 e. The van der Waals surface area contributed by atoms with Crippen molar-refractivity contribution in [2.45, 2.75) is 26.2 Å². The minimum absolute atomic E-state index is 0. The minimum atomic E-state index is -0.00598. The van der Waals surface area contributed by atoms with Crippen molar-refractivity contribution >= 4 is 35.6 Å². The van der Waals surface area contributed by atoms with Crippen LogP contribution < -0.4 is 15.4 Å². The lowest BCUT2D eigenvalue weighted by atomic mass is 10.2. The van der Waals surface area contributed by atoms with E-state index >= 15 is 0 Å². The van der Waals surface area contributed by atoms with Crippen LogP contribution in [0, 0.1) is 0 Å². The number of benzene rings is 1. The van der Waals surface area contributed by atoms with Crippen LogP contribution in [0.2, 0.25) is 5.02 Å². The van der Waals surface area contributed by atoms with Gasteiger partial charge in [0.1, 0.15) is 5.75 Å². The Morgan fingerprint density at radius 3 is 2.75 bits per heavy atom. The van der Waals surface area contributed by atoms with Gasteiger partial charge in [0.25, 0.3) is 0 Å². The largest absolute Gasteiger partial charge is 0.492 e. The van der Waals surface area contributed by atoms with E-state index < -0.39 is 0 Å². The lowest BCUT2D eigenvalue weighted by Crippen LogP contribution is -2.15. The number of halogens is 2. The zero-order valence-electron chi connectivity index (χ0n) is 11.9. The third kappa shape index (κ3) is 6.98. The van der Waals surface area contributed by atoms with E-state index in [0.29, 0.717) is 29.5 Å². The molecule has 1 aromatic rings. The van der Waals surface area contributed by atoms with E-state index in [1.54, 1.807) is 18.2 Å². The standard InChI is InChI=1S/C14H21ClN2O2.ClH/c1-3-9-19-13-7-6-11(10-12(13)15)17-14(18)5-4-8-16-2;/h6-7,10,16H,3-5,8-9H2,1-2H3,(H,17,18);1H. The molecule has 1 amide bonds. The summed E-state index contributed by atoms with van der Waals surface area (Å²) in [6.07, 6.45) is 2.24. The van der Waals surface area contributed by atoms with Gasteiger partial charge in [0, 0.05) is 12.1 Å². The number of rotatable bonds is 8. The monoisotopic (exact) mass is 320 g/mol. The lowest BCUT2D eigenvalue weighted by molar-refractivity contribution is -0.116. The smallest absolute Gasteiger partial charge is 0.224 e. The summed E-state index contributed by atoms with van der Waals surface area (Å²) < 4.78 is 5.47. The molecule has 0 saturated carbocycles. The molecule has 0 aliphatic rings. The van der Waals surface area contributed by atoms with Crippen LogP contribution >= 0.6 is 24.0 Å². The number of carbonyl (C=O) groups is 1. The molecule has 0 aliphatic heterocycles. The second kappa shape index (κ2) is 10.8. The summed E-state index contributed by atoms with van der Waals surface area (Å²) >= 11 is 6.09. The number of nitrogens with one attached hydrogen (secondary N) is 2. The van der Waals surface area contributed by atoms with Crippen LogP contribution in [0.4, 0.5) is 5.69 Å². The Labute approximate surface area is 131 Å². The van der Waals surface area contributed by atoms with Crippen molar-refractivity contribution in [1.82, 2.24) is 5.32 Å². The molecule has 0 atom stereocenters. The molecule has 0 unspecified atom stereocenters. The van der Waals surface area contributed by atoms with Gasteiger partial charge in [-0.2, -0.15) is 0 Å². The SMILES string of the molecule is CCCOc1ccc(NC(=O)CCCNC)cc1Cl.Cl. The van der Waals surface area contributed by atoms with Gasteiger partial charge in [-0.3, -0.25) is 4.79 Å². The summed E-state index contributed by atoms with van der Waals surface area (Å²) in [4.78, 5) is 11.6. The van der Waals surface area contributed by atoms with Crippen molar-refractivity contribution in [2.24, 2.45) is 0 Å². The number of hydrogen-bond acceptors (Lipinski definition) is 3. The van der Waals surface area contributed by atoms with Crippen LogP contribution in [0.25, 0.3) is 0 Å². The summed E-state index contributed by atoms with van der Waals surface area (Å²) in [5.74, 6) is 0.644. The first-order chi connectivity index (χ1) is 9.17. The van der Waals surface area contributed by atoms with Gasteiger partial charge in [-0.25, -0.2) is 0 Å². The van der Waals surface area contributed by atoms with Gasteiger partial charge in [0.2, 0.25) is 5.91 Å². The van der Waals surface area contributed by atoms with Gasteiger partial charge in [0.15, 0.2) is 0 Å². The number of ether oxygens (including phenoxy) is 1. The van der Waals surface area contributed by atoms with Crippen LogP contribution in [-0.4, -0.2) is 26.1 Å². The molecular formula is C14H22Cl2N2O2. The van der Waals surface area contributed by atoms with Crippen molar-refractivity contribution in [3.05, 3.63) is 23.2 Å². The first kappa shape index (κ1) is 19.0. The highest BCUT2D eigenvalue weighted by Gasteiger charge is 2.06. The summed E-state index contributed by atoms with van der Waals surface area (Å²) in [5, 5.41) is 6.34. The molecule has 0 heterocycles. The van der Waals surface area contributed by atoms with Crippen molar-refractivity contribution in [1.29, 1.82) is 0 Å². The topological polar surface area (TPSA) is 50.4 Å². The zero-order chi connectivity index (χ0) is 14.1. The second-order valence-corrected chi connectivity index (χ2v) is 4.66. The molecule has 4 nitrogen and oxygen atoms in total. The van der Waals surface area contributed by atoms with E-state index in [9.17, 15) is 4.79 Å². The molecule has 0 radical (unpaired) electrons. The third-order valence-corrected chi connectivity index (χ3v) is 2.80. The van der Waals surface area contributed by atoms with Crippen LogP contribution in [0.3, 0.4) is 0 Å². The molecule has 0 aromatic heterocycles. The molecular weight excluding hydrogens is 299 g/mol. The van der Waals surface area contributed by atoms with Gasteiger partial charge < -0.3 is 15.4 Å². The van der Waals surface area contributed by atoms with E-state index in [1.807, 2.05) is 14.0 Å². The summed E-state index contributed by atoms with van der Waals surface area (Å²) in [6, 6.07) is 5.29. The van der Waals surface area contributed by atoms with Gasteiger partial charge in [-0.05, 0) is 44.6 Å². The lowest BCUT2D eigenvalue weighted by Gasteiger charge is -2.09. The molecule has 6 heteroatoms. The van der Waals surface area contributed by atoms with Gasteiger partial charge in [-0.15, -0.1) is 12.4 Å². The summed E-state index contributed by atoms with van der Waals surface area (Å²) in [6.45, 7) is 3.50. The maximum absolute atomic E-state index is 11.6. The predicted molar refractivity (Wildman–Crippen MR) is 86.3 cm³/mol. The molecule has 0 spiro atoms. The predicted octanol–water partition coefficient (Wildman–Crippen LogP) is 3.49. The Morgan fingerprint density at radius 1 is 1.40 bits per heavy atom. The molecule has 0 aliphatic carbocycles. The van der Waals surface area contributed by atoms with Crippen molar-refractivity contribution < 1.29 is 9.53 Å². The zero-order valence-corrected chi connectivity index (χ0v) is 13.4. The Hall–Kier alpha value is -0.970. The highest BCUT2D eigenvalue weighted by Crippen LogP contribution is 2.27. The average molecular weight is 321 g/mol. The Morgan fingerprint density at radius 2 is 2.15 bits per heavy atom. The number of anilines is 1. The molecule has 0 saturated heterocycles. The molecule has 1 rings (SSSR count). The summed E-state index contributed by atoms with van der Waals surface area (Å²) in [5.41, 5.74) is 0.698. The fourth-order valence-electron chi connectivity index (χ4n) is 1.56. The Balaban J connectivity index is 0.00000361. The molecule has 0 fully saturated rings. The van der Waals surface area contributed by atoms with E-state index in [4.69, 9.17) is 16.3 Å². The number of carbonyl (C=O) groups excluding carboxylic acids is 1. The van der Waals surface area contributed by atoms with E-state index in [0.717, 1.165) is 19.4 Å². The fraction of sp³-hybridized carbons (Fsp3) is 0.500. The van der Waals surface area contributed by atoms with Crippen molar-refractivity contribution in [3.63, 3.8) is 0 Å². The van der Waals surface area contributed by atoms with E-state index in [-0.39, 0.29) is 18.3 Å². The van der Waals surface area contributed by atoms with E-state index in [2.05, 4.69) is 10.6 Å². The Kier molecular flexibility index (Phi) is 10.3. The highest BCUT2D eigenvalue weighted by molar-refractivity contribution is 6.32. The first-order valence-electron chi connectivity index (χ1n) is 6.54. The molecule has 2 N–H and O–H groups in total. The van der Waals surface area contributed by atoms with Gasteiger partial charge >= 0.3 is 0 Å². The quantitative estimate of drug-likeness (QED) is 0.721. The second-order valence-electron chi connectivity index (χ2n) is 4.25. The van der Waals surface area contributed by atoms with Gasteiger partial charge in [0.05, 0.1) is 11.6 Å². The van der Waals surface area contributed by atoms with Crippen LogP contribution in [0.15, 0.2) is 18.2 Å². The first-order valence-corrected chi connectivity index (χ1v) is 6.92. The fourth-order valence-corrected chi connectivity index (χ4v) is 1.79. The van der Waals surface area contributed by atoms with Crippen LogP contribution in [-0.2, 0) is 4.79 Å². The molecule has 20 heavy (non-hydrogen) atoms. The average Bonchev–Trinajstić information content (AvgIpc) is 2.38. The van der Waals surface area contributed by atoms with Crippen LogP contribution in [0.5, 0.6) is 5.75 Å². The molecule has 114 valence electrons. The maximum atomic E-state index is 11.6. The third-order valence-electron chi connectivity index (χ3n) is 2.51. The maximum Gasteiger partial charge on any atom is 0.224 e. The van der Waals surface area contributed by atoms with Crippen LogP contribution in [0.1, 0.15) is 26.2 Å². The number of hydrogen-bond donors (Lipinski definition) is 2. The Bertz CT molecular complexity index is 414.